The summed E-state index contributed by atoms with van der Waals surface area (Å²) in [5.74, 6) is 1.36. The van der Waals surface area contributed by atoms with Crippen molar-refractivity contribution >= 4 is 5.91 Å². The van der Waals surface area contributed by atoms with Crippen molar-refractivity contribution in [1.82, 2.24) is 10.2 Å². The second-order valence-electron chi connectivity index (χ2n) is 6.80. The van der Waals surface area contributed by atoms with Gasteiger partial charge in [-0.25, -0.2) is 0 Å². The molecule has 2 rings (SSSR count). The van der Waals surface area contributed by atoms with Crippen LogP contribution in [0.3, 0.4) is 0 Å². The lowest BCUT2D eigenvalue weighted by Gasteiger charge is -2.31. The van der Waals surface area contributed by atoms with E-state index in [0.717, 1.165) is 25.8 Å². The molecule has 1 aliphatic heterocycles. The number of nitrogens with one attached hydrogen (secondary N) is 1. The van der Waals surface area contributed by atoms with Crippen molar-refractivity contribution in [2.75, 3.05) is 20.6 Å². The van der Waals surface area contributed by atoms with Crippen LogP contribution in [0, 0.1) is 5.92 Å². The first kappa shape index (κ1) is 16.0. The monoisotopic (exact) mass is 288 g/mol. The molecule has 2 atom stereocenters. The zero-order valence-electron chi connectivity index (χ0n) is 13.7. The molecule has 1 aliphatic rings. The molecule has 0 spiro atoms. The van der Waals surface area contributed by atoms with Gasteiger partial charge < -0.3 is 10.2 Å². The number of likely N-dealkylation sites (N-methyl/N-ethyl adjacent to an activating group) is 1. The first-order chi connectivity index (χ1) is 9.97. The quantitative estimate of drug-likeness (QED) is 0.924. The molecule has 1 fully saturated rings. The Kier molecular flexibility index (Phi) is 5.40. The molecule has 3 heteroatoms. The van der Waals surface area contributed by atoms with Gasteiger partial charge >= 0.3 is 0 Å². The van der Waals surface area contributed by atoms with Crippen LogP contribution in [-0.2, 0) is 11.2 Å². The Morgan fingerprint density at radius 3 is 2.81 bits per heavy atom. The number of rotatable bonds is 4. The topological polar surface area (TPSA) is 32.3 Å². The summed E-state index contributed by atoms with van der Waals surface area (Å²) in [6.07, 6.45) is 3.14. The van der Waals surface area contributed by atoms with E-state index in [1.165, 1.54) is 11.1 Å². The van der Waals surface area contributed by atoms with E-state index in [0.29, 0.717) is 11.8 Å². The normalized spacial score (nSPS) is 22.3. The van der Waals surface area contributed by atoms with Gasteiger partial charge in [-0.2, -0.15) is 0 Å². The second-order valence-corrected chi connectivity index (χ2v) is 6.80. The average molecular weight is 288 g/mol. The van der Waals surface area contributed by atoms with Gasteiger partial charge in [0.05, 0.1) is 6.04 Å². The van der Waals surface area contributed by atoms with Gasteiger partial charge in [-0.15, -0.1) is 0 Å². The lowest BCUT2D eigenvalue weighted by Crippen LogP contribution is -2.47. The molecule has 0 radical (unpaired) electrons. The fourth-order valence-electron chi connectivity index (χ4n) is 3.17. The van der Waals surface area contributed by atoms with Crippen LogP contribution in [0.5, 0.6) is 0 Å². The first-order valence-electron chi connectivity index (χ1n) is 8.00. The molecule has 1 amide bonds. The maximum Gasteiger partial charge on any atom is 0.239 e. The third-order valence-electron chi connectivity index (χ3n) is 4.21. The minimum absolute atomic E-state index is 0.0347. The smallest absolute Gasteiger partial charge is 0.239 e. The van der Waals surface area contributed by atoms with Gasteiger partial charge in [0.25, 0.3) is 0 Å². The molecule has 1 aromatic rings. The van der Waals surface area contributed by atoms with Gasteiger partial charge in [-0.05, 0) is 48.8 Å². The molecular weight excluding hydrogens is 260 g/mol. The molecule has 2 unspecified atom stereocenters. The van der Waals surface area contributed by atoms with Crippen LogP contribution in [0.4, 0.5) is 0 Å². The maximum atomic E-state index is 12.2. The van der Waals surface area contributed by atoms with Crippen LogP contribution < -0.4 is 5.32 Å². The summed E-state index contributed by atoms with van der Waals surface area (Å²) in [5.41, 5.74) is 2.81. The molecule has 1 saturated heterocycles. The highest BCUT2D eigenvalue weighted by Crippen LogP contribution is 2.29. The van der Waals surface area contributed by atoms with E-state index in [1.54, 1.807) is 4.90 Å². The highest BCUT2D eigenvalue weighted by atomic mass is 16.2. The van der Waals surface area contributed by atoms with E-state index in [2.05, 4.69) is 43.4 Å². The van der Waals surface area contributed by atoms with Gasteiger partial charge in [-0.1, -0.05) is 38.1 Å². The van der Waals surface area contributed by atoms with Crippen molar-refractivity contribution < 1.29 is 4.79 Å². The molecule has 0 bridgehead atoms. The van der Waals surface area contributed by atoms with E-state index in [9.17, 15) is 4.79 Å². The van der Waals surface area contributed by atoms with E-state index in [4.69, 9.17) is 0 Å². The summed E-state index contributed by atoms with van der Waals surface area (Å²) in [6, 6.07) is 8.90. The molecule has 1 heterocycles. The largest absolute Gasteiger partial charge is 0.347 e. The van der Waals surface area contributed by atoms with Crippen molar-refractivity contribution in [2.24, 2.45) is 5.92 Å². The summed E-state index contributed by atoms with van der Waals surface area (Å²) in [5, 5.41) is 3.36. The van der Waals surface area contributed by atoms with Crippen molar-refractivity contribution in [1.29, 1.82) is 0 Å². The fraction of sp³-hybridized carbons (Fsp3) is 0.611. The Balaban J connectivity index is 2.09. The lowest BCUT2D eigenvalue weighted by molar-refractivity contribution is -0.131. The minimum atomic E-state index is -0.0347. The Labute approximate surface area is 128 Å². The van der Waals surface area contributed by atoms with Gasteiger partial charge in [0.1, 0.15) is 0 Å². The predicted octanol–water partition coefficient (Wildman–Crippen LogP) is 2.81. The molecule has 3 nitrogen and oxygen atoms in total. The minimum Gasteiger partial charge on any atom is -0.347 e. The van der Waals surface area contributed by atoms with E-state index < -0.39 is 0 Å². The zero-order chi connectivity index (χ0) is 15.4. The molecule has 116 valence electrons. The van der Waals surface area contributed by atoms with Crippen LogP contribution in [0.25, 0.3) is 0 Å². The summed E-state index contributed by atoms with van der Waals surface area (Å²) in [7, 11) is 3.66. The first-order valence-corrected chi connectivity index (χ1v) is 8.00. The molecule has 0 saturated carbocycles. The number of carbonyl (C=O) groups excluding carboxylic acids is 1. The summed E-state index contributed by atoms with van der Waals surface area (Å²) >= 11 is 0. The van der Waals surface area contributed by atoms with Crippen LogP contribution in [0.15, 0.2) is 24.3 Å². The van der Waals surface area contributed by atoms with Gasteiger partial charge in [0, 0.05) is 14.1 Å². The standard InChI is InChI=1S/C18H28N2O/c1-13(2)10-14-6-5-7-15(11-14)16-8-9-19-17(12-16)18(21)20(3)4/h5-7,11,13,16-17,19H,8-10,12H2,1-4H3. The van der Waals surface area contributed by atoms with E-state index in [-0.39, 0.29) is 11.9 Å². The number of hydrogen-bond donors (Lipinski definition) is 1. The van der Waals surface area contributed by atoms with Crippen molar-refractivity contribution in [3.63, 3.8) is 0 Å². The summed E-state index contributed by atoms with van der Waals surface area (Å²) in [4.78, 5) is 13.8. The molecule has 1 N–H and O–H groups in total. The van der Waals surface area contributed by atoms with E-state index >= 15 is 0 Å². The number of amides is 1. The van der Waals surface area contributed by atoms with Gasteiger partial charge in [0.15, 0.2) is 0 Å². The Hall–Kier alpha value is -1.35. The lowest BCUT2D eigenvalue weighted by atomic mass is 9.85. The third kappa shape index (κ3) is 4.31. The fourth-order valence-corrected chi connectivity index (χ4v) is 3.17. The van der Waals surface area contributed by atoms with Crippen LogP contribution >= 0.6 is 0 Å². The van der Waals surface area contributed by atoms with Crippen LogP contribution in [-0.4, -0.2) is 37.5 Å². The molecule has 0 aliphatic carbocycles. The molecule has 1 aromatic carbocycles. The van der Waals surface area contributed by atoms with E-state index in [1.807, 2.05) is 14.1 Å². The van der Waals surface area contributed by atoms with Crippen molar-refractivity contribution in [2.45, 2.75) is 45.1 Å². The molecule has 21 heavy (non-hydrogen) atoms. The van der Waals surface area contributed by atoms with Crippen LogP contribution in [0.2, 0.25) is 0 Å². The Bertz CT molecular complexity index is 482. The summed E-state index contributed by atoms with van der Waals surface area (Å²) in [6.45, 7) is 5.43. The Morgan fingerprint density at radius 1 is 1.38 bits per heavy atom. The second kappa shape index (κ2) is 7.08. The highest BCUT2D eigenvalue weighted by Gasteiger charge is 2.28. The number of carbonyl (C=O) groups is 1. The predicted molar refractivity (Wildman–Crippen MR) is 87.4 cm³/mol. The van der Waals surface area contributed by atoms with Crippen molar-refractivity contribution in [3.8, 4) is 0 Å². The summed E-state index contributed by atoms with van der Waals surface area (Å²) < 4.78 is 0. The molecule has 0 aromatic heterocycles. The maximum absolute atomic E-state index is 12.2. The highest BCUT2D eigenvalue weighted by molar-refractivity contribution is 5.81. The number of nitrogens with zero attached hydrogens (tertiary/aromatic N) is 1. The van der Waals surface area contributed by atoms with Crippen molar-refractivity contribution in [3.05, 3.63) is 35.4 Å². The third-order valence-corrected chi connectivity index (χ3v) is 4.21. The van der Waals surface area contributed by atoms with Gasteiger partial charge in [0.2, 0.25) is 5.91 Å². The van der Waals surface area contributed by atoms with Gasteiger partial charge in [-0.3, -0.25) is 4.79 Å². The average Bonchev–Trinajstić information content (AvgIpc) is 2.46. The van der Waals surface area contributed by atoms with Crippen LogP contribution in [0.1, 0.15) is 43.7 Å². The Morgan fingerprint density at radius 2 is 2.14 bits per heavy atom. The number of benzene rings is 1. The SMILES string of the molecule is CC(C)Cc1cccc(C2CCNC(C(=O)N(C)C)C2)c1. The number of hydrogen-bond acceptors (Lipinski definition) is 2. The number of piperidine rings is 1. The molecular formula is C18H28N2O. The zero-order valence-corrected chi connectivity index (χ0v) is 13.7.